The quantitative estimate of drug-likeness (QED) is 0.668. The van der Waals surface area contributed by atoms with Gasteiger partial charge in [-0.25, -0.2) is 8.42 Å². The average molecular weight is 492 g/mol. The Kier molecular flexibility index (Phi) is 6.65. The Hall–Kier alpha value is -2.62. The Morgan fingerprint density at radius 1 is 1.27 bits per heavy atom. The number of amides is 2. The largest absolute Gasteiger partial charge is 0.479 e. The van der Waals surface area contributed by atoms with Crippen molar-refractivity contribution in [3.05, 3.63) is 52.5 Å². The van der Waals surface area contributed by atoms with Gasteiger partial charge < -0.3 is 15.4 Å². The second kappa shape index (κ2) is 9.32. The second-order valence-electron chi connectivity index (χ2n) is 8.41. The molecule has 2 amide bonds. The lowest BCUT2D eigenvalue weighted by Crippen LogP contribution is -2.45. The molecule has 0 aromatic heterocycles. The molecule has 2 atom stereocenters. The average Bonchev–Trinajstić information content (AvgIpc) is 2.79. The molecule has 0 aliphatic carbocycles. The monoisotopic (exact) mass is 491 g/mol. The summed E-state index contributed by atoms with van der Waals surface area (Å²) < 4.78 is 33.9. The van der Waals surface area contributed by atoms with Crippen molar-refractivity contribution in [3.8, 4) is 5.75 Å². The van der Waals surface area contributed by atoms with Crippen molar-refractivity contribution in [2.75, 3.05) is 18.4 Å². The van der Waals surface area contributed by atoms with E-state index in [1.807, 2.05) is 12.1 Å². The molecule has 8 nitrogen and oxygen atoms in total. The lowest BCUT2D eigenvalue weighted by Gasteiger charge is -2.32. The molecule has 0 radical (unpaired) electrons. The summed E-state index contributed by atoms with van der Waals surface area (Å²) in [4.78, 5) is 24.7. The molecule has 2 aliphatic rings. The molecule has 1 fully saturated rings. The number of hydrogen-bond donors (Lipinski definition) is 2. The van der Waals surface area contributed by atoms with E-state index in [2.05, 4.69) is 10.6 Å². The van der Waals surface area contributed by atoms with Crippen molar-refractivity contribution in [1.82, 2.24) is 9.62 Å². The highest BCUT2D eigenvalue weighted by molar-refractivity contribution is 7.89. The van der Waals surface area contributed by atoms with Crippen molar-refractivity contribution in [2.45, 2.75) is 44.2 Å². The maximum Gasteiger partial charge on any atom is 0.265 e. The lowest BCUT2D eigenvalue weighted by atomic mass is 9.99. The first-order valence-corrected chi connectivity index (χ1v) is 12.6. The van der Waals surface area contributed by atoms with Crippen LogP contribution in [0.25, 0.3) is 0 Å². The summed E-state index contributed by atoms with van der Waals surface area (Å²) in [6.45, 7) is 4.08. The zero-order valence-corrected chi connectivity index (χ0v) is 20.0. The van der Waals surface area contributed by atoms with Gasteiger partial charge in [-0.15, -0.1) is 0 Å². The number of rotatable bonds is 5. The highest BCUT2D eigenvalue weighted by Crippen LogP contribution is 2.36. The summed E-state index contributed by atoms with van der Waals surface area (Å²) in [5.41, 5.74) is 1.87. The molecule has 2 heterocycles. The van der Waals surface area contributed by atoms with E-state index >= 15 is 0 Å². The number of hydrogen-bond acceptors (Lipinski definition) is 5. The van der Waals surface area contributed by atoms with Gasteiger partial charge in [0.25, 0.3) is 5.91 Å². The fraction of sp³-hybridized carbons (Fsp3) is 0.391. The van der Waals surface area contributed by atoms with Crippen LogP contribution in [0.1, 0.15) is 30.9 Å². The number of piperidine rings is 1. The molecule has 2 N–H and O–H groups in total. The highest BCUT2D eigenvalue weighted by Gasteiger charge is 2.35. The van der Waals surface area contributed by atoms with E-state index in [0.717, 1.165) is 5.56 Å². The van der Waals surface area contributed by atoms with E-state index in [1.54, 1.807) is 32.0 Å². The van der Waals surface area contributed by atoms with Gasteiger partial charge in [0.05, 0.1) is 16.5 Å². The normalized spacial score (nSPS) is 21.0. The van der Waals surface area contributed by atoms with Crippen molar-refractivity contribution in [3.63, 3.8) is 0 Å². The standard InChI is InChI=1S/C23H26ClN3O5S/c1-14-10-19-20(32-15(2)22(28)26-19)11-21(14)33(30,31)27-9-3-4-17(13-27)23(29)25-12-16-5-7-18(24)8-6-16/h5-8,10-11,15,17H,3-4,9,12-13H2,1-2H3,(H,25,29)(H,26,28)/t15-,17-/m0/s1. The molecule has 176 valence electrons. The molecule has 1 saturated heterocycles. The number of aryl methyl sites for hydroxylation is 1. The molecule has 2 aromatic carbocycles. The zero-order valence-electron chi connectivity index (χ0n) is 18.4. The topological polar surface area (TPSA) is 105 Å². The minimum atomic E-state index is -3.85. The molecule has 2 aromatic rings. The van der Waals surface area contributed by atoms with Crippen LogP contribution in [-0.4, -0.2) is 43.7 Å². The maximum absolute atomic E-state index is 13.5. The maximum atomic E-state index is 13.5. The second-order valence-corrected chi connectivity index (χ2v) is 10.8. The van der Waals surface area contributed by atoms with Gasteiger partial charge in [0.2, 0.25) is 15.9 Å². The third-order valence-corrected chi connectivity index (χ3v) is 8.22. The molecular formula is C23H26ClN3O5S. The Morgan fingerprint density at radius 2 is 2.00 bits per heavy atom. The highest BCUT2D eigenvalue weighted by atomic mass is 35.5. The number of carbonyl (C=O) groups is 2. The van der Waals surface area contributed by atoms with Crippen LogP contribution in [0, 0.1) is 12.8 Å². The summed E-state index contributed by atoms with van der Waals surface area (Å²) in [5, 5.41) is 6.25. The molecule has 4 rings (SSSR count). The number of fused-ring (bicyclic) bond motifs is 1. The zero-order chi connectivity index (χ0) is 23.8. The predicted octanol–water partition coefficient (Wildman–Crippen LogP) is 3.08. The Labute approximate surface area is 198 Å². The summed E-state index contributed by atoms with van der Waals surface area (Å²) in [6.07, 6.45) is 0.500. The van der Waals surface area contributed by atoms with Crippen LogP contribution in [0.2, 0.25) is 5.02 Å². The SMILES string of the molecule is Cc1cc2c(cc1S(=O)(=O)N1CCC[C@H](C(=O)NCc3ccc(Cl)cc3)C1)O[C@@H](C)C(=O)N2. The summed E-state index contributed by atoms with van der Waals surface area (Å²) in [7, 11) is -3.85. The number of anilines is 1. The van der Waals surface area contributed by atoms with Gasteiger partial charge >= 0.3 is 0 Å². The number of halogens is 1. The van der Waals surface area contributed by atoms with Crippen molar-refractivity contribution < 1.29 is 22.7 Å². The van der Waals surface area contributed by atoms with Crippen LogP contribution >= 0.6 is 11.6 Å². The summed E-state index contributed by atoms with van der Waals surface area (Å²) >= 11 is 5.89. The van der Waals surface area contributed by atoms with E-state index in [-0.39, 0.29) is 23.3 Å². The van der Waals surface area contributed by atoms with E-state index in [1.165, 1.54) is 10.4 Å². The fourth-order valence-electron chi connectivity index (χ4n) is 4.07. The number of ether oxygens (including phenoxy) is 1. The van der Waals surface area contributed by atoms with Crippen LogP contribution < -0.4 is 15.4 Å². The number of sulfonamides is 1. The first-order valence-electron chi connectivity index (χ1n) is 10.8. The fourth-order valence-corrected chi connectivity index (χ4v) is 5.94. The van der Waals surface area contributed by atoms with Crippen LogP contribution in [0.5, 0.6) is 5.75 Å². The van der Waals surface area contributed by atoms with Gasteiger partial charge in [-0.3, -0.25) is 9.59 Å². The molecule has 0 spiro atoms. The number of benzene rings is 2. The first kappa shape index (κ1) is 23.5. The van der Waals surface area contributed by atoms with Gasteiger partial charge in [0, 0.05) is 30.7 Å². The Morgan fingerprint density at radius 3 is 2.73 bits per heavy atom. The number of carbonyl (C=O) groups excluding carboxylic acids is 2. The predicted molar refractivity (Wildman–Crippen MR) is 125 cm³/mol. The number of nitrogens with zero attached hydrogens (tertiary/aromatic N) is 1. The molecule has 0 saturated carbocycles. The summed E-state index contributed by atoms with van der Waals surface area (Å²) in [5.74, 6) is -0.567. The molecule has 10 heteroatoms. The van der Waals surface area contributed by atoms with Gasteiger partial charge in [-0.2, -0.15) is 4.31 Å². The van der Waals surface area contributed by atoms with Gasteiger partial charge in [-0.05, 0) is 56.0 Å². The van der Waals surface area contributed by atoms with Crippen molar-refractivity contribution in [2.24, 2.45) is 5.92 Å². The lowest BCUT2D eigenvalue weighted by molar-refractivity contribution is -0.126. The van der Waals surface area contributed by atoms with Crippen LogP contribution in [-0.2, 0) is 26.2 Å². The molecule has 0 bridgehead atoms. The number of nitrogens with one attached hydrogen (secondary N) is 2. The minimum absolute atomic E-state index is 0.110. The smallest absolute Gasteiger partial charge is 0.265 e. The van der Waals surface area contributed by atoms with Crippen molar-refractivity contribution >= 4 is 39.1 Å². The van der Waals surface area contributed by atoms with Crippen LogP contribution in [0.15, 0.2) is 41.3 Å². The van der Waals surface area contributed by atoms with E-state index in [9.17, 15) is 18.0 Å². The minimum Gasteiger partial charge on any atom is -0.479 e. The van der Waals surface area contributed by atoms with Gasteiger partial charge in [-0.1, -0.05) is 23.7 Å². The third-order valence-electron chi connectivity index (χ3n) is 5.96. The molecular weight excluding hydrogens is 466 g/mol. The van der Waals surface area contributed by atoms with E-state index < -0.39 is 22.0 Å². The first-order chi connectivity index (χ1) is 15.6. The molecule has 2 aliphatic heterocycles. The van der Waals surface area contributed by atoms with Gasteiger partial charge in [0.15, 0.2) is 6.10 Å². The van der Waals surface area contributed by atoms with E-state index in [0.29, 0.717) is 48.0 Å². The Balaban J connectivity index is 1.48. The molecule has 33 heavy (non-hydrogen) atoms. The van der Waals surface area contributed by atoms with Crippen LogP contribution in [0.4, 0.5) is 5.69 Å². The summed E-state index contributed by atoms with van der Waals surface area (Å²) in [6, 6.07) is 10.3. The van der Waals surface area contributed by atoms with Crippen molar-refractivity contribution in [1.29, 1.82) is 0 Å². The third kappa shape index (κ3) is 5.00. The van der Waals surface area contributed by atoms with Crippen LogP contribution in [0.3, 0.4) is 0 Å². The van der Waals surface area contributed by atoms with Gasteiger partial charge in [0.1, 0.15) is 5.75 Å². The Bertz CT molecular complexity index is 1180. The molecule has 0 unspecified atom stereocenters. The van der Waals surface area contributed by atoms with E-state index in [4.69, 9.17) is 16.3 Å².